The second-order valence-corrected chi connectivity index (χ2v) is 8.30. The number of halogens is 1. The molecule has 0 saturated carbocycles. The number of benzene rings is 2. The standard InChI is InChI=1S/C17H17IO6S/c1-9(2)12-8-14(10(3)7-15(12)25(21,22)23)24-17(20)11-5-4-6-13(18)16(11)19/h4-9,19H,1-3H3,(H,21,22,23)/p-1. The van der Waals surface area contributed by atoms with E-state index in [1.54, 1.807) is 26.0 Å². The Hall–Kier alpha value is -1.65. The molecule has 0 atom stereocenters. The molecule has 8 heteroatoms. The maximum atomic E-state index is 12.3. The minimum absolute atomic E-state index is 0.00193. The summed E-state index contributed by atoms with van der Waals surface area (Å²) in [5.41, 5.74) is 0.602. The van der Waals surface area contributed by atoms with Gasteiger partial charge in [0.05, 0.1) is 8.47 Å². The van der Waals surface area contributed by atoms with E-state index in [0.29, 0.717) is 9.13 Å². The molecule has 0 amide bonds. The van der Waals surface area contributed by atoms with Crippen LogP contribution in [0.25, 0.3) is 0 Å². The van der Waals surface area contributed by atoms with Gasteiger partial charge in [-0.2, -0.15) is 0 Å². The number of rotatable bonds is 4. The Morgan fingerprint density at radius 3 is 2.48 bits per heavy atom. The summed E-state index contributed by atoms with van der Waals surface area (Å²) in [7, 11) is -4.64. The molecule has 134 valence electrons. The lowest BCUT2D eigenvalue weighted by Gasteiger charge is -2.19. The van der Waals surface area contributed by atoms with Crippen LogP contribution >= 0.6 is 22.6 Å². The van der Waals surface area contributed by atoms with Crippen molar-refractivity contribution in [3.05, 3.63) is 50.6 Å². The van der Waals surface area contributed by atoms with Gasteiger partial charge >= 0.3 is 5.97 Å². The molecular weight excluding hydrogens is 459 g/mol. The summed E-state index contributed by atoms with van der Waals surface area (Å²) >= 11 is 1.89. The first-order valence-corrected chi connectivity index (χ1v) is 9.81. The van der Waals surface area contributed by atoms with E-state index >= 15 is 0 Å². The van der Waals surface area contributed by atoms with Crippen molar-refractivity contribution in [2.45, 2.75) is 31.6 Å². The fourth-order valence-electron chi connectivity index (χ4n) is 2.29. The fraction of sp³-hybridized carbons (Fsp3) is 0.235. The van der Waals surface area contributed by atoms with Crippen molar-refractivity contribution in [2.24, 2.45) is 0 Å². The highest BCUT2D eigenvalue weighted by Gasteiger charge is 2.20. The summed E-state index contributed by atoms with van der Waals surface area (Å²) in [6.07, 6.45) is 0. The summed E-state index contributed by atoms with van der Waals surface area (Å²) in [5.74, 6) is -1.08. The number of carbonyl (C=O) groups is 1. The number of esters is 1. The molecule has 6 nitrogen and oxygen atoms in total. The quantitative estimate of drug-likeness (QED) is 0.314. The predicted octanol–water partition coefficient (Wildman–Crippen LogP) is 3.55. The third kappa shape index (κ3) is 4.31. The molecule has 0 radical (unpaired) electrons. The lowest BCUT2D eigenvalue weighted by molar-refractivity contribution is 0.0730. The van der Waals surface area contributed by atoms with Crippen LogP contribution in [0.3, 0.4) is 0 Å². The van der Waals surface area contributed by atoms with Crippen LogP contribution in [-0.2, 0) is 10.1 Å². The molecule has 0 aliphatic rings. The Bertz CT molecular complexity index is 934. The third-order valence-electron chi connectivity index (χ3n) is 3.61. The minimum Gasteiger partial charge on any atom is -0.744 e. The van der Waals surface area contributed by atoms with Crippen molar-refractivity contribution in [1.29, 1.82) is 0 Å². The monoisotopic (exact) mass is 475 g/mol. The van der Waals surface area contributed by atoms with Gasteiger partial charge in [0.2, 0.25) is 0 Å². The number of carbonyl (C=O) groups excluding carboxylic acids is 1. The van der Waals surface area contributed by atoms with Gasteiger partial charge in [-0.1, -0.05) is 19.9 Å². The number of aryl methyl sites for hydroxylation is 1. The molecule has 2 rings (SSSR count). The molecular formula is C17H16IO6S-. The normalized spacial score (nSPS) is 11.6. The number of aromatic hydroxyl groups is 1. The molecule has 0 aliphatic carbocycles. The van der Waals surface area contributed by atoms with Gasteiger partial charge < -0.3 is 14.4 Å². The molecule has 2 aromatic carbocycles. The summed E-state index contributed by atoms with van der Waals surface area (Å²) in [6.45, 7) is 5.00. The molecule has 0 aliphatic heterocycles. The number of hydrogen-bond donors (Lipinski definition) is 1. The lowest BCUT2D eigenvalue weighted by atomic mass is 10.0. The Morgan fingerprint density at radius 1 is 1.28 bits per heavy atom. The van der Waals surface area contributed by atoms with Gasteiger partial charge in [0.25, 0.3) is 0 Å². The van der Waals surface area contributed by atoms with Crippen LogP contribution in [0.15, 0.2) is 35.2 Å². The molecule has 1 N–H and O–H groups in total. The molecule has 25 heavy (non-hydrogen) atoms. The van der Waals surface area contributed by atoms with Crippen LogP contribution in [-0.4, -0.2) is 24.0 Å². The van der Waals surface area contributed by atoms with Crippen LogP contribution < -0.4 is 4.74 Å². The van der Waals surface area contributed by atoms with Crippen LogP contribution in [0, 0.1) is 10.5 Å². The van der Waals surface area contributed by atoms with Crippen molar-refractivity contribution in [2.75, 3.05) is 0 Å². The zero-order valence-corrected chi connectivity index (χ0v) is 16.7. The van der Waals surface area contributed by atoms with Crippen LogP contribution in [0.5, 0.6) is 11.5 Å². The smallest absolute Gasteiger partial charge is 0.347 e. The Labute approximate surface area is 159 Å². The molecule has 0 aromatic heterocycles. The van der Waals surface area contributed by atoms with E-state index < -0.39 is 16.1 Å². The molecule has 2 aromatic rings. The average Bonchev–Trinajstić information content (AvgIpc) is 2.50. The van der Waals surface area contributed by atoms with Gasteiger partial charge in [0.15, 0.2) is 0 Å². The number of phenols is 1. The molecule has 0 bridgehead atoms. The van der Waals surface area contributed by atoms with E-state index in [-0.39, 0.29) is 33.4 Å². The van der Waals surface area contributed by atoms with E-state index in [1.807, 2.05) is 22.6 Å². The van der Waals surface area contributed by atoms with Crippen molar-refractivity contribution < 1.29 is 27.6 Å². The first kappa shape index (κ1) is 19.7. The highest BCUT2D eigenvalue weighted by molar-refractivity contribution is 14.1. The highest BCUT2D eigenvalue weighted by Crippen LogP contribution is 2.32. The summed E-state index contributed by atoms with van der Waals surface area (Å²) in [4.78, 5) is 12.0. The minimum atomic E-state index is -4.64. The molecule has 0 heterocycles. The van der Waals surface area contributed by atoms with Gasteiger partial charge in [-0.25, -0.2) is 13.2 Å². The first-order valence-electron chi connectivity index (χ1n) is 7.32. The Kier molecular flexibility index (Phi) is 5.75. The van der Waals surface area contributed by atoms with Crippen molar-refractivity contribution in [1.82, 2.24) is 0 Å². The Balaban J connectivity index is 2.48. The number of ether oxygens (including phenoxy) is 1. The molecule has 0 saturated heterocycles. The maximum Gasteiger partial charge on any atom is 0.347 e. The van der Waals surface area contributed by atoms with E-state index in [1.165, 1.54) is 25.1 Å². The summed E-state index contributed by atoms with van der Waals surface area (Å²) in [6, 6.07) is 7.26. The van der Waals surface area contributed by atoms with Gasteiger partial charge in [0.1, 0.15) is 27.2 Å². The van der Waals surface area contributed by atoms with Gasteiger partial charge in [-0.15, -0.1) is 0 Å². The molecule has 0 unspecified atom stereocenters. The highest BCUT2D eigenvalue weighted by atomic mass is 127. The predicted molar refractivity (Wildman–Crippen MR) is 99.0 cm³/mol. The third-order valence-corrected chi connectivity index (χ3v) is 5.37. The van der Waals surface area contributed by atoms with Crippen LogP contribution in [0.1, 0.15) is 41.3 Å². The van der Waals surface area contributed by atoms with Crippen LogP contribution in [0.4, 0.5) is 0 Å². The van der Waals surface area contributed by atoms with Gasteiger partial charge in [0, 0.05) is 0 Å². The number of para-hydroxylation sites is 1. The second kappa shape index (κ2) is 7.30. The molecule has 0 fully saturated rings. The lowest BCUT2D eigenvalue weighted by Crippen LogP contribution is -2.12. The zero-order chi connectivity index (χ0) is 18.9. The van der Waals surface area contributed by atoms with Gasteiger partial charge in [-0.3, -0.25) is 0 Å². The number of phenolic OH excluding ortho intramolecular Hbond substituents is 1. The van der Waals surface area contributed by atoms with E-state index in [2.05, 4.69) is 0 Å². The van der Waals surface area contributed by atoms with Crippen molar-refractivity contribution >= 4 is 38.7 Å². The van der Waals surface area contributed by atoms with Crippen molar-refractivity contribution in [3.8, 4) is 11.5 Å². The zero-order valence-electron chi connectivity index (χ0n) is 13.7. The maximum absolute atomic E-state index is 12.3. The molecule has 0 spiro atoms. The second-order valence-electron chi connectivity index (χ2n) is 5.79. The number of hydrogen-bond acceptors (Lipinski definition) is 6. The van der Waals surface area contributed by atoms with Crippen molar-refractivity contribution in [3.63, 3.8) is 0 Å². The average molecular weight is 475 g/mol. The summed E-state index contributed by atoms with van der Waals surface area (Å²) in [5, 5.41) is 9.98. The van der Waals surface area contributed by atoms with E-state index in [9.17, 15) is 22.9 Å². The van der Waals surface area contributed by atoms with E-state index in [4.69, 9.17) is 4.74 Å². The largest absolute Gasteiger partial charge is 0.744 e. The fourth-order valence-corrected chi connectivity index (χ4v) is 3.69. The van der Waals surface area contributed by atoms with Crippen LogP contribution in [0.2, 0.25) is 0 Å². The summed E-state index contributed by atoms with van der Waals surface area (Å²) < 4.78 is 40.2. The van der Waals surface area contributed by atoms with Gasteiger partial charge in [-0.05, 0) is 70.8 Å². The Morgan fingerprint density at radius 2 is 1.92 bits per heavy atom. The first-order chi connectivity index (χ1) is 11.5. The topological polar surface area (TPSA) is 104 Å². The SMILES string of the molecule is Cc1cc(S(=O)(=O)[O-])c(C(C)C)cc1OC(=O)c1cccc(I)c1O. The van der Waals surface area contributed by atoms with E-state index in [0.717, 1.165) is 0 Å².